The first-order chi connectivity index (χ1) is 18.0. The lowest BCUT2D eigenvalue weighted by atomic mass is 9.95. The summed E-state index contributed by atoms with van der Waals surface area (Å²) >= 11 is 6.17. The van der Waals surface area contributed by atoms with Crippen LogP contribution in [0.5, 0.6) is 0 Å². The molecular weight excluding hydrogens is 488 g/mol. The number of amides is 1. The number of carbonyl (C=O) groups excluding carboxylic acids is 2. The van der Waals surface area contributed by atoms with E-state index in [1.54, 1.807) is 30.3 Å². The van der Waals surface area contributed by atoms with Crippen molar-refractivity contribution in [3.63, 3.8) is 0 Å². The fraction of sp³-hybridized carbons (Fsp3) is 0.241. The van der Waals surface area contributed by atoms with Crippen LogP contribution < -0.4 is 5.32 Å². The number of nitrogens with zero attached hydrogens (tertiary/aromatic N) is 3. The van der Waals surface area contributed by atoms with Gasteiger partial charge in [-0.25, -0.2) is 0 Å². The normalized spacial score (nSPS) is 14.4. The van der Waals surface area contributed by atoms with Crippen LogP contribution in [0.4, 0.5) is 5.69 Å². The standard InChI is InChI=1S/C29H27ClN4O3/c1-19-7-5-6-10-23(19)28-32-26(37-33-28)18-34-15-13-21(14-16-34)29(36)31-25-12-11-22(30)17-24(25)27(35)20-8-3-2-4-9-20/h2-12,17,21H,13-16,18H2,1H3,(H,31,36). The zero-order valence-electron chi connectivity index (χ0n) is 20.5. The molecule has 7 nitrogen and oxygen atoms in total. The van der Waals surface area contributed by atoms with Gasteiger partial charge in [0.1, 0.15) is 0 Å². The number of halogens is 1. The second-order valence-electron chi connectivity index (χ2n) is 9.25. The van der Waals surface area contributed by atoms with Gasteiger partial charge < -0.3 is 9.84 Å². The molecule has 0 spiro atoms. The van der Waals surface area contributed by atoms with Crippen LogP contribution in [0, 0.1) is 12.8 Å². The van der Waals surface area contributed by atoms with E-state index in [0.717, 1.165) is 24.2 Å². The van der Waals surface area contributed by atoms with Gasteiger partial charge in [0.25, 0.3) is 0 Å². The Morgan fingerprint density at radius 2 is 1.76 bits per heavy atom. The van der Waals surface area contributed by atoms with Crippen molar-refractivity contribution in [3.05, 3.63) is 100 Å². The van der Waals surface area contributed by atoms with Crippen molar-refractivity contribution in [2.24, 2.45) is 5.92 Å². The van der Waals surface area contributed by atoms with Crippen LogP contribution in [0.25, 0.3) is 11.4 Å². The molecular formula is C29H27ClN4O3. The summed E-state index contributed by atoms with van der Waals surface area (Å²) in [4.78, 5) is 33.0. The fourth-order valence-corrected chi connectivity index (χ4v) is 4.76. The van der Waals surface area contributed by atoms with Gasteiger partial charge in [-0.05, 0) is 56.6 Å². The van der Waals surface area contributed by atoms with Crippen molar-refractivity contribution in [1.29, 1.82) is 0 Å². The zero-order valence-corrected chi connectivity index (χ0v) is 21.2. The van der Waals surface area contributed by atoms with Crippen LogP contribution in [0.2, 0.25) is 5.02 Å². The first-order valence-corrected chi connectivity index (χ1v) is 12.7. The smallest absolute Gasteiger partial charge is 0.241 e. The molecule has 1 aromatic heterocycles. The average Bonchev–Trinajstić information content (AvgIpc) is 3.38. The van der Waals surface area contributed by atoms with E-state index >= 15 is 0 Å². The Hall–Kier alpha value is -3.81. The molecule has 3 aromatic carbocycles. The number of hydrogen-bond donors (Lipinski definition) is 1. The van der Waals surface area contributed by atoms with E-state index in [2.05, 4.69) is 20.4 Å². The van der Waals surface area contributed by atoms with Gasteiger partial charge >= 0.3 is 0 Å². The average molecular weight is 515 g/mol. The highest BCUT2D eigenvalue weighted by atomic mass is 35.5. The quantitative estimate of drug-likeness (QED) is 0.314. The molecule has 1 N–H and O–H groups in total. The predicted molar refractivity (Wildman–Crippen MR) is 142 cm³/mol. The van der Waals surface area contributed by atoms with E-state index in [0.29, 0.717) is 52.9 Å². The fourth-order valence-electron chi connectivity index (χ4n) is 4.59. The van der Waals surface area contributed by atoms with E-state index in [1.807, 2.05) is 49.4 Å². The number of hydrogen-bond acceptors (Lipinski definition) is 6. The van der Waals surface area contributed by atoms with Gasteiger partial charge in [-0.1, -0.05) is 71.4 Å². The largest absolute Gasteiger partial charge is 0.338 e. The Bertz CT molecular complexity index is 1410. The van der Waals surface area contributed by atoms with Crippen LogP contribution in [0.15, 0.2) is 77.3 Å². The minimum atomic E-state index is -0.183. The molecule has 1 saturated heterocycles. The SMILES string of the molecule is Cc1ccccc1-c1noc(CN2CCC(C(=O)Nc3ccc(Cl)cc3C(=O)c3ccccc3)CC2)n1. The van der Waals surface area contributed by atoms with E-state index in [9.17, 15) is 9.59 Å². The van der Waals surface area contributed by atoms with E-state index < -0.39 is 0 Å². The number of benzene rings is 3. The lowest BCUT2D eigenvalue weighted by Gasteiger charge is -2.30. The monoisotopic (exact) mass is 514 g/mol. The molecule has 1 fully saturated rings. The van der Waals surface area contributed by atoms with Gasteiger partial charge in [0.2, 0.25) is 17.6 Å². The van der Waals surface area contributed by atoms with Crippen LogP contribution in [-0.2, 0) is 11.3 Å². The summed E-state index contributed by atoms with van der Waals surface area (Å²) in [5, 5.41) is 7.55. The molecule has 0 atom stereocenters. The number of likely N-dealkylation sites (tertiary alicyclic amines) is 1. The first-order valence-electron chi connectivity index (χ1n) is 12.3. The third-order valence-corrected chi connectivity index (χ3v) is 6.93. The zero-order chi connectivity index (χ0) is 25.8. The molecule has 188 valence electrons. The maximum atomic E-state index is 13.1. The van der Waals surface area contributed by atoms with Crippen molar-refractivity contribution >= 4 is 29.0 Å². The number of nitrogens with one attached hydrogen (secondary N) is 1. The molecule has 8 heteroatoms. The van der Waals surface area contributed by atoms with Crippen LogP contribution >= 0.6 is 11.6 Å². The Balaban J connectivity index is 1.19. The minimum absolute atomic E-state index is 0.0938. The van der Waals surface area contributed by atoms with Crippen LogP contribution in [0.3, 0.4) is 0 Å². The molecule has 5 rings (SSSR count). The maximum absolute atomic E-state index is 13.1. The van der Waals surface area contributed by atoms with Crippen molar-refractivity contribution in [3.8, 4) is 11.4 Å². The Morgan fingerprint density at radius 1 is 1.03 bits per heavy atom. The summed E-state index contributed by atoms with van der Waals surface area (Å²) in [7, 11) is 0. The Kier molecular flexibility index (Phi) is 7.44. The summed E-state index contributed by atoms with van der Waals surface area (Å²) in [6.45, 7) is 4.03. The molecule has 2 heterocycles. The van der Waals surface area contributed by atoms with E-state index in [-0.39, 0.29) is 17.6 Å². The van der Waals surface area contributed by atoms with Gasteiger partial charge in [0, 0.05) is 27.6 Å². The molecule has 0 radical (unpaired) electrons. The molecule has 0 unspecified atom stereocenters. The Morgan fingerprint density at radius 3 is 2.51 bits per heavy atom. The number of aromatic nitrogens is 2. The summed E-state index contributed by atoms with van der Waals surface area (Å²) in [6.07, 6.45) is 1.39. The molecule has 0 bridgehead atoms. The van der Waals surface area contributed by atoms with Gasteiger partial charge in [-0.3, -0.25) is 14.5 Å². The number of aryl methyl sites for hydroxylation is 1. The Labute approximate surface area is 220 Å². The third kappa shape index (κ3) is 5.79. The van der Waals surface area contributed by atoms with Crippen molar-refractivity contribution in [2.75, 3.05) is 18.4 Å². The molecule has 0 saturated carbocycles. The van der Waals surface area contributed by atoms with E-state index in [1.165, 1.54) is 0 Å². The molecule has 0 aliphatic carbocycles. The summed E-state index contributed by atoms with van der Waals surface area (Å²) in [5.41, 5.74) is 3.45. The number of piperidine rings is 1. The van der Waals surface area contributed by atoms with Crippen molar-refractivity contribution in [2.45, 2.75) is 26.3 Å². The number of ketones is 1. The molecule has 1 amide bonds. The lowest BCUT2D eigenvalue weighted by Crippen LogP contribution is -2.38. The first kappa shape index (κ1) is 24.9. The van der Waals surface area contributed by atoms with Gasteiger partial charge in [0.05, 0.1) is 12.2 Å². The lowest BCUT2D eigenvalue weighted by molar-refractivity contribution is -0.121. The maximum Gasteiger partial charge on any atom is 0.241 e. The summed E-state index contributed by atoms with van der Waals surface area (Å²) < 4.78 is 5.49. The highest BCUT2D eigenvalue weighted by Gasteiger charge is 2.27. The summed E-state index contributed by atoms with van der Waals surface area (Å²) in [6, 6.07) is 21.9. The van der Waals surface area contributed by atoms with Gasteiger partial charge in [-0.15, -0.1) is 0 Å². The predicted octanol–water partition coefficient (Wildman–Crippen LogP) is 5.78. The molecule has 1 aliphatic heterocycles. The highest BCUT2D eigenvalue weighted by molar-refractivity contribution is 6.31. The number of carbonyl (C=O) groups is 2. The van der Waals surface area contributed by atoms with E-state index in [4.69, 9.17) is 16.1 Å². The third-order valence-electron chi connectivity index (χ3n) is 6.69. The second-order valence-corrected chi connectivity index (χ2v) is 9.69. The highest BCUT2D eigenvalue weighted by Crippen LogP contribution is 2.27. The van der Waals surface area contributed by atoms with Crippen molar-refractivity contribution < 1.29 is 14.1 Å². The topological polar surface area (TPSA) is 88.3 Å². The molecule has 37 heavy (non-hydrogen) atoms. The number of anilines is 1. The summed E-state index contributed by atoms with van der Waals surface area (Å²) in [5.74, 6) is 0.718. The van der Waals surface area contributed by atoms with Gasteiger partial charge in [-0.2, -0.15) is 4.98 Å². The van der Waals surface area contributed by atoms with Crippen molar-refractivity contribution in [1.82, 2.24) is 15.0 Å². The molecule has 4 aromatic rings. The van der Waals surface area contributed by atoms with Gasteiger partial charge in [0.15, 0.2) is 5.78 Å². The van der Waals surface area contributed by atoms with Crippen LogP contribution in [0.1, 0.15) is 40.2 Å². The van der Waals surface area contributed by atoms with Crippen LogP contribution in [-0.4, -0.2) is 39.8 Å². The number of rotatable bonds is 7. The minimum Gasteiger partial charge on any atom is -0.338 e. The second kappa shape index (κ2) is 11.1. The molecule has 1 aliphatic rings.